The molecular weight excluding hydrogens is 566 g/mol. The van der Waals surface area contributed by atoms with Crippen LogP contribution in [-0.2, 0) is 27.4 Å². The molecule has 45 heavy (non-hydrogen) atoms. The monoisotopic (exact) mass is 605 g/mol. The number of nitrogens with one attached hydrogen (secondary N) is 2. The quantitative estimate of drug-likeness (QED) is 0.215. The number of carbonyl (C=O) groups excluding carboxylic acids is 3. The lowest BCUT2D eigenvalue weighted by atomic mass is 9.84. The third-order valence-electron chi connectivity index (χ3n) is 8.13. The minimum atomic E-state index is -1.05. The summed E-state index contributed by atoms with van der Waals surface area (Å²) in [5.41, 5.74) is 3.49. The molecule has 232 valence electrons. The summed E-state index contributed by atoms with van der Waals surface area (Å²) >= 11 is 0. The van der Waals surface area contributed by atoms with Gasteiger partial charge in [-0.05, 0) is 41.5 Å². The van der Waals surface area contributed by atoms with Gasteiger partial charge in [0, 0.05) is 12.5 Å². The first-order valence-electron chi connectivity index (χ1n) is 15.4. The van der Waals surface area contributed by atoms with Gasteiger partial charge in [0.05, 0.1) is 12.6 Å². The summed E-state index contributed by atoms with van der Waals surface area (Å²) in [5, 5.41) is 15.9. The smallest absolute Gasteiger partial charge is 0.408 e. The minimum Gasteiger partial charge on any atom is -0.445 e. The number of aliphatic hydroxyl groups excluding tert-OH is 1. The van der Waals surface area contributed by atoms with Crippen molar-refractivity contribution in [3.05, 3.63) is 144 Å². The van der Waals surface area contributed by atoms with Crippen molar-refractivity contribution in [2.24, 2.45) is 0 Å². The third-order valence-corrected chi connectivity index (χ3v) is 8.13. The summed E-state index contributed by atoms with van der Waals surface area (Å²) in [6, 6.07) is 35.8. The third kappa shape index (κ3) is 8.37. The fourth-order valence-corrected chi connectivity index (χ4v) is 5.92. The molecule has 3 N–H and O–H groups in total. The molecule has 1 heterocycles. The van der Waals surface area contributed by atoms with Crippen molar-refractivity contribution in [1.82, 2.24) is 15.5 Å². The van der Waals surface area contributed by atoms with E-state index in [1.165, 1.54) is 0 Å². The lowest BCUT2D eigenvalue weighted by molar-refractivity contribution is -0.140. The molecule has 0 bridgehead atoms. The molecule has 4 aromatic rings. The number of ether oxygens (including phenoxy) is 1. The second-order valence-electron chi connectivity index (χ2n) is 11.3. The van der Waals surface area contributed by atoms with Crippen molar-refractivity contribution in [1.29, 1.82) is 0 Å². The van der Waals surface area contributed by atoms with Crippen molar-refractivity contribution >= 4 is 17.9 Å². The van der Waals surface area contributed by atoms with Gasteiger partial charge in [0.25, 0.3) is 0 Å². The Morgan fingerprint density at radius 1 is 0.756 bits per heavy atom. The fraction of sp³-hybridized carbons (Fsp3) is 0.270. The van der Waals surface area contributed by atoms with Gasteiger partial charge in [-0.2, -0.15) is 0 Å². The molecule has 0 radical (unpaired) electrons. The summed E-state index contributed by atoms with van der Waals surface area (Å²) < 4.78 is 5.56. The van der Waals surface area contributed by atoms with E-state index in [1.54, 1.807) is 4.90 Å². The van der Waals surface area contributed by atoms with Crippen molar-refractivity contribution in [3.8, 4) is 0 Å². The van der Waals surface area contributed by atoms with Crippen molar-refractivity contribution in [2.45, 2.75) is 49.9 Å². The van der Waals surface area contributed by atoms with Crippen molar-refractivity contribution < 1.29 is 24.2 Å². The van der Waals surface area contributed by atoms with Gasteiger partial charge in [0.1, 0.15) is 18.7 Å². The van der Waals surface area contributed by atoms with Crippen LogP contribution in [0.3, 0.4) is 0 Å². The van der Waals surface area contributed by atoms with Crippen molar-refractivity contribution in [3.63, 3.8) is 0 Å². The molecule has 3 amide bonds. The molecule has 0 aromatic heterocycles. The largest absolute Gasteiger partial charge is 0.445 e. The van der Waals surface area contributed by atoms with E-state index in [0.29, 0.717) is 25.8 Å². The van der Waals surface area contributed by atoms with E-state index in [-0.39, 0.29) is 25.0 Å². The summed E-state index contributed by atoms with van der Waals surface area (Å²) in [5.74, 6) is -1.24. The van der Waals surface area contributed by atoms with Crippen LogP contribution in [0.25, 0.3) is 0 Å². The normalized spacial score (nSPS) is 15.7. The second kappa shape index (κ2) is 15.7. The number of rotatable bonds is 12. The van der Waals surface area contributed by atoms with E-state index in [9.17, 15) is 19.5 Å². The topological polar surface area (TPSA) is 108 Å². The Kier molecular flexibility index (Phi) is 11.0. The summed E-state index contributed by atoms with van der Waals surface area (Å²) in [4.78, 5) is 43.0. The highest BCUT2D eigenvalue weighted by atomic mass is 16.5. The lowest BCUT2D eigenvalue weighted by Gasteiger charge is -2.33. The first kappa shape index (κ1) is 31.5. The molecule has 0 aliphatic carbocycles. The highest BCUT2D eigenvalue weighted by Gasteiger charge is 2.42. The number of nitrogens with zero attached hydrogens (tertiary/aromatic N) is 1. The van der Waals surface area contributed by atoms with Crippen LogP contribution in [0, 0.1) is 0 Å². The number of alkyl carbamates (subject to hydrolysis) is 1. The Bertz CT molecular complexity index is 1480. The molecule has 1 aliphatic rings. The van der Waals surface area contributed by atoms with Gasteiger partial charge in [-0.15, -0.1) is 0 Å². The van der Waals surface area contributed by atoms with Gasteiger partial charge >= 0.3 is 6.09 Å². The molecule has 1 fully saturated rings. The first-order chi connectivity index (χ1) is 22.0. The van der Waals surface area contributed by atoms with Crippen LogP contribution in [-0.4, -0.2) is 59.2 Å². The average Bonchev–Trinajstić information content (AvgIpc) is 3.59. The first-order valence-corrected chi connectivity index (χ1v) is 15.4. The zero-order valence-corrected chi connectivity index (χ0v) is 25.1. The predicted molar refractivity (Wildman–Crippen MR) is 172 cm³/mol. The molecule has 4 aromatic carbocycles. The van der Waals surface area contributed by atoms with Gasteiger partial charge in [-0.1, -0.05) is 121 Å². The summed E-state index contributed by atoms with van der Waals surface area (Å²) in [7, 11) is 0. The highest BCUT2D eigenvalue weighted by Crippen LogP contribution is 2.31. The molecule has 0 spiro atoms. The van der Waals surface area contributed by atoms with Gasteiger partial charge in [0.15, 0.2) is 0 Å². The predicted octanol–water partition coefficient (Wildman–Crippen LogP) is 4.82. The highest BCUT2D eigenvalue weighted by molar-refractivity contribution is 5.93. The Balaban J connectivity index is 1.40. The number of hydrogen-bond donors (Lipinski definition) is 3. The maximum atomic E-state index is 14.5. The van der Waals surface area contributed by atoms with Gasteiger partial charge < -0.3 is 25.4 Å². The van der Waals surface area contributed by atoms with Crippen LogP contribution in [0.5, 0.6) is 0 Å². The SMILES string of the molecule is O=C(N[C@H](C(=O)N1CCC[C@@H]1C(=O)N[C@@H](CO)Cc1ccccc1)C(c1ccccc1)c1ccccc1)OCc1ccccc1. The Morgan fingerprint density at radius 3 is 1.84 bits per heavy atom. The van der Waals surface area contributed by atoms with Gasteiger partial charge in [-0.25, -0.2) is 4.79 Å². The van der Waals surface area contributed by atoms with Crippen LogP contribution < -0.4 is 10.6 Å². The number of carbonyl (C=O) groups is 3. The zero-order valence-electron chi connectivity index (χ0n) is 25.1. The lowest BCUT2D eigenvalue weighted by Crippen LogP contribution is -2.56. The summed E-state index contributed by atoms with van der Waals surface area (Å²) in [6.07, 6.45) is 0.856. The molecule has 0 saturated carbocycles. The number of amides is 3. The van der Waals surface area contributed by atoms with Crippen LogP contribution >= 0.6 is 0 Å². The Labute approximate surface area is 264 Å². The standard InChI is InChI=1S/C37H39N3O5/c41-25-31(24-27-14-5-1-6-15-27)38-35(42)32-22-13-23-40(32)36(43)34(39-37(44)45-26-28-16-7-2-8-17-28)33(29-18-9-3-10-19-29)30-20-11-4-12-21-30/h1-12,14-21,31-34,41H,13,22-26H2,(H,38,42)(H,39,44)/t31-,32-,34+/m1/s1. The maximum Gasteiger partial charge on any atom is 0.408 e. The van der Waals surface area contributed by atoms with Crippen LogP contribution in [0.1, 0.15) is 41.0 Å². The molecule has 1 saturated heterocycles. The van der Waals surface area contributed by atoms with E-state index in [1.807, 2.05) is 121 Å². The van der Waals surface area contributed by atoms with E-state index in [0.717, 1.165) is 22.3 Å². The Hall–Kier alpha value is -4.95. The van der Waals surface area contributed by atoms with E-state index in [4.69, 9.17) is 4.74 Å². The molecule has 1 aliphatic heterocycles. The van der Waals surface area contributed by atoms with E-state index >= 15 is 0 Å². The van der Waals surface area contributed by atoms with Crippen LogP contribution in [0.2, 0.25) is 0 Å². The molecular formula is C37H39N3O5. The minimum absolute atomic E-state index is 0.0492. The maximum absolute atomic E-state index is 14.5. The molecule has 8 heteroatoms. The molecule has 0 unspecified atom stereocenters. The molecule has 3 atom stereocenters. The molecule has 8 nitrogen and oxygen atoms in total. The van der Waals surface area contributed by atoms with Crippen molar-refractivity contribution in [2.75, 3.05) is 13.2 Å². The average molecular weight is 606 g/mol. The molecule has 5 rings (SSSR count). The number of likely N-dealkylation sites (tertiary alicyclic amines) is 1. The van der Waals surface area contributed by atoms with Crippen LogP contribution in [0.15, 0.2) is 121 Å². The number of benzene rings is 4. The fourth-order valence-electron chi connectivity index (χ4n) is 5.92. The second-order valence-corrected chi connectivity index (χ2v) is 11.3. The number of hydrogen-bond acceptors (Lipinski definition) is 5. The van der Waals surface area contributed by atoms with E-state index in [2.05, 4.69) is 10.6 Å². The van der Waals surface area contributed by atoms with E-state index < -0.39 is 30.1 Å². The van der Waals surface area contributed by atoms with Gasteiger partial charge in [0.2, 0.25) is 11.8 Å². The summed E-state index contributed by atoms with van der Waals surface area (Å²) in [6.45, 7) is 0.184. The van der Waals surface area contributed by atoms with Crippen LogP contribution in [0.4, 0.5) is 4.79 Å². The number of aliphatic hydroxyl groups is 1. The zero-order chi connectivity index (χ0) is 31.4. The Morgan fingerprint density at radius 2 is 1.29 bits per heavy atom. The van der Waals surface area contributed by atoms with Gasteiger partial charge in [-0.3, -0.25) is 9.59 Å².